The fraction of sp³-hybridized carbons (Fsp3) is 0.167. The van der Waals surface area contributed by atoms with Crippen LogP contribution in [-0.2, 0) is 10.3 Å². The van der Waals surface area contributed by atoms with E-state index in [9.17, 15) is 8.42 Å². The van der Waals surface area contributed by atoms with Crippen molar-refractivity contribution in [3.8, 4) is 0 Å². The molecule has 0 amide bonds. The first kappa shape index (κ1) is 11.0. The summed E-state index contributed by atoms with van der Waals surface area (Å²) in [6, 6.07) is 0. The summed E-state index contributed by atoms with van der Waals surface area (Å²) in [6.45, 7) is 0. The second-order valence-electron chi connectivity index (χ2n) is 1.94. The summed E-state index contributed by atoms with van der Waals surface area (Å²) in [6.07, 6.45) is 5.18. The summed E-state index contributed by atoms with van der Waals surface area (Å²) >= 11 is 0. The molecule has 1 aliphatic rings. The number of allylic oxidation sites excluding steroid dienone is 3. The number of nitrogens with two attached hydrogens (primary N) is 1. The van der Waals surface area contributed by atoms with Crippen LogP contribution in [-0.4, -0.2) is 42.8 Å². The molecule has 0 saturated carbocycles. The summed E-state index contributed by atoms with van der Waals surface area (Å²) in [5.74, 6) is 0. The molecule has 0 radical (unpaired) electrons. The Morgan fingerprint density at radius 3 is 2.36 bits per heavy atom. The van der Waals surface area contributed by atoms with Gasteiger partial charge < -0.3 is 5.73 Å². The van der Waals surface area contributed by atoms with E-state index in [0.29, 0.717) is 17.0 Å². The van der Waals surface area contributed by atoms with Crippen LogP contribution in [0.3, 0.4) is 0 Å². The van der Waals surface area contributed by atoms with Crippen LogP contribution in [0.15, 0.2) is 23.9 Å². The van der Waals surface area contributed by atoms with E-state index in [1.54, 1.807) is 12.2 Å². The van der Waals surface area contributed by atoms with Crippen molar-refractivity contribution in [2.75, 3.05) is 0 Å². The van der Waals surface area contributed by atoms with Crippen molar-refractivity contribution in [3.63, 3.8) is 0 Å². The third-order valence-electron chi connectivity index (χ3n) is 1.21. The predicted octanol–water partition coefficient (Wildman–Crippen LogP) is -0.808. The van der Waals surface area contributed by atoms with Crippen LogP contribution in [0.1, 0.15) is 6.42 Å². The van der Waals surface area contributed by atoms with Crippen molar-refractivity contribution in [2.24, 2.45) is 5.73 Å². The van der Waals surface area contributed by atoms with E-state index in [4.69, 9.17) is 5.73 Å². The fourth-order valence-electron chi connectivity index (χ4n) is 0.667. The van der Waals surface area contributed by atoms with Gasteiger partial charge in [0.05, 0.1) is 4.86 Å². The molecule has 0 heterocycles. The minimum atomic E-state index is -2.09. The first-order valence-electron chi connectivity index (χ1n) is 2.79. The molecule has 0 aromatic carbocycles. The van der Waals surface area contributed by atoms with Crippen molar-refractivity contribution in [3.05, 3.63) is 23.9 Å². The third-order valence-corrected chi connectivity index (χ3v) is 1.95. The van der Waals surface area contributed by atoms with Crippen LogP contribution in [0.25, 0.3) is 0 Å². The molecule has 0 spiro atoms. The second kappa shape index (κ2) is 4.77. The molecule has 0 atom stereocenters. The number of rotatable bonds is 0. The Morgan fingerprint density at radius 2 is 2.00 bits per heavy atom. The molecule has 3 nitrogen and oxygen atoms in total. The van der Waals surface area contributed by atoms with Gasteiger partial charge in [-0.05, 0) is 12.2 Å². The molecule has 0 saturated heterocycles. The van der Waals surface area contributed by atoms with E-state index in [0.717, 1.165) is 0 Å². The average Bonchev–Trinajstić information content (AvgIpc) is 1.88. The van der Waals surface area contributed by atoms with Gasteiger partial charge in [-0.15, -0.1) is 0 Å². The molecule has 2 N–H and O–H groups in total. The van der Waals surface area contributed by atoms with Gasteiger partial charge >= 0.3 is 29.6 Å². The van der Waals surface area contributed by atoms with Gasteiger partial charge in [0, 0.05) is 12.1 Å². The molecule has 0 aliphatic heterocycles. The van der Waals surface area contributed by atoms with E-state index >= 15 is 0 Å². The van der Waals surface area contributed by atoms with Crippen LogP contribution in [0.4, 0.5) is 0 Å². The predicted molar refractivity (Wildman–Crippen MR) is 47.1 cm³/mol. The zero-order valence-electron chi connectivity index (χ0n) is 5.24. The van der Waals surface area contributed by atoms with E-state index in [1.165, 1.54) is 6.08 Å². The Labute approximate surface area is 88.8 Å². The number of hydrogen-bond acceptors (Lipinski definition) is 3. The molecule has 11 heavy (non-hydrogen) atoms. The molecule has 0 aromatic rings. The summed E-state index contributed by atoms with van der Waals surface area (Å²) in [5, 5.41) is 0. The van der Waals surface area contributed by atoms with Gasteiger partial charge in [0.15, 0.2) is 0 Å². The van der Waals surface area contributed by atoms with Crippen molar-refractivity contribution in [1.29, 1.82) is 0 Å². The van der Waals surface area contributed by atoms with Gasteiger partial charge in [0.25, 0.3) is 0 Å². The molecular weight excluding hydrogens is 173 g/mol. The average molecular weight is 181 g/mol. The molecule has 56 valence electrons. The first-order chi connectivity index (χ1) is 4.70. The fourth-order valence-corrected chi connectivity index (χ4v) is 1.07. The zero-order chi connectivity index (χ0) is 7.56. The van der Waals surface area contributed by atoms with Crippen molar-refractivity contribution < 1.29 is 8.42 Å². The standard InChI is InChI=1S/C6H7NO2S.Na.H/c7-5-1-3-6(4-2-5)10(8)9;;/h1-3H,4,7H2;;. The summed E-state index contributed by atoms with van der Waals surface area (Å²) in [7, 11) is -2.09. The van der Waals surface area contributed by atoms with E-state index in [1.807, 2.05) is 0 Å². The molecule has 1 rings (SSSR count). The van der Waals surface area contributed by atoms with Gasteiger partial charge in [-0.1, -0.05) is 6.08 Å². The van der Waals surface area contributed by atoms with Crippen molar-refractivity contribution >= 4 is 44.7 Å². The normalized spacial score (nSPS) is 15.3. The Balaban J connectivity index is 0.000001000. The second-order valence-corrected chi connectivity index (χ2v) is 2.94. The van der Waals surface area contributed by atoms with E-state index in [2.05, 4.69) is 0 Å². The summed E-state index contributed by atoms with van der Waals surface area (Å²) < 4.78 is 20.6. The molecule has 5 heteroatoms. The molecule has 1 aliphatic carbocycles. The maximum atomic E-state index is 10.3. The molecule has 0 bridgehead atoms. The van der Waals surface area contributed by atoms with Gasteiger partial charge in [-0.2, -0.15) is 8.42 Å². The van der Waals surface area contributed by atoms with Crippen LogP contribution < -0.4 is 5.73 Å². The van der Waals surface area contributed by atoms with Crippen molar-refractivity contribution in [1.82, 2.24) is 0 Å². The van der Waals surface area contributed by atoms with Gasteiger partial charge in [-0.3, -0.25) is 0 Å². The van der Waals surface area contributed by atoms with Gasteiger partial charge in [-0.25, -0.2) is 0 Å². The van der Waals surface area contributed by atoms with Crippen LogP contribution >= 0.6 is 0 Å². The van der Waals surface area contributed by atoms with E-state index in [-0.39, 0.29) is 29.6 Å². The topological polar surface area (TPSA) is 60.2 Å². The Hall–Kier alpha value is -0.0300. The summed E-state index contributed by atoms with van der Waals surface area (Å²) in [5.41, 5.74) is 5.98. The quantitative estimate of drug-likeness (QED) is 0.393. The zero-order valence-corrected chi connectivity index (χ0v) is 6.06. The van der Waals surface area contributed by atoms with E-state index < -0.39 is 10.3 Å². The third kappa shape index (κ3) is 3.25. The first-order valence-corrected chi connectivity index (χ1v) is 3.86. The Bertz CT molecular complexity index is 318. The van der Waals surface area contributed by atoms with Crippen molar-refractivity contribution in [2.45, 2.75) is 6.42 Å². The molecule has 0 aromatic heterocycles. The minimum absolute atomic E-state index is 0. The Morgan fingerprint density at radius 1 is 1.36 bits per heavy atom. The molecule has 0 fully saturated rings. The van der Waals surface area contributed by atoms with Crippen LogP contribution in [0, 0.1) is 0 Å². The van der Waals surface area contributed by atoms with Crippen LogP contribution in [0.5, 0.6) is 0 Å². The SMILES string of the molecule is NC1=CCC(=S(=O)=O)C=C1.[NaH]. The molecular formula is C6H8NNaO2S. The summed E-state index contributed by atoms with van der Waals surface area (Å²) in [4.78, 5) is 0.384. The monoisotopic (exact) mass is 181 g/mol. The van der Waals surface area contributed by atoms with Crippen LogP contribution in [0.2, 0.25) is 0 Å². The van der Waals surface area contributed by atoms with Gasteiger partial charge in [0.1, 0.15) is 0 Å². The number of hydrogen-bond donors (Lipinski definition) is 1. The Kier molecular flexibility index (Phi) is 4.76. The van der Waals surface area contributed by atoms with Gasteiger partial charge in [0.2, 0.25) is 10.3 Å². The molecule has 0 unspecified atom stereocenters. The maximum absolute atomic E-state index is 10.3.